The Morgan fingerprint density at radius 3 is 2.59 bits per heavy atom. The Balaban J connectivity index is 1.33. The first-order valence-electron chi connectivity index (χ1n) is 9.02. The molecular formula is C23H17ClN2O3. The summed E-state index contributed by atoms with van der Waals surface area (Å²) in [6, 6.07) is 21.8. The first-order chi connectivity index (χ1) is 14.2. The largest absolute Gasteiger partial charge is 0.487 e. The van der Waals surface area contributed by atoms with Crippen molar-refractivity contribution in [2.45, 2.75) is 13.2 Å². The van der Waals surface area contributed by atoms with Crippen molar-refractivity contribution in [2.24, 2.45) is 0 Å². The number of aromatic nitrogens is 2. The van der Waals surface area contributed by atoms with Gasteiger partial charge in [-0.1, -0.05) is 29.8 Å². The molecule has 0 aliphatic heterocycles. The molecule has 4 aromatic rings. The zero-order valence-electron chi connectivity index (χ0n) is 15.4. The van der Waals surface area contributed by atoms with E-state index in [4.69, 9.17) is 21.1 Å². The maximum absolute atomic E-state index is 12.4. The van der Waals surface area contributed by atoms with Crippen LogP contribution in [0.15, 0.2) is 79.0 Å². The van der Waals surface area contributed by atoms with Crippen LogP contribution in [-0.4, -0.2) is 15.9 Å². The second-order valence-corrected chi connectivity index (χ2v) is 6.76. The molecule has 144 valence electrons. The van der Waals surface area contributed by atoms with E-state index in [0.29, 0.717) is 17.3 Å². The number of hydrogen-bond acceptors (Lipinski definition) is 5. The van der Waals surface area contributed by atoms with E-state index in [2.05, 4.69) is 9.97 Å². The number of rotatable bonds is 6. The molecule has 0 radical (unpaired) electrons. The lowest BCUT2D eigenvalue weighted by molar-refractivity contribution is 0.0473. The summed E-state index contributed by atoms with van der Waals surface area (Å²) < 4.78 is 11.1. The summed E-state index contributed by atoms with van der Waals surface area (Å²) in [6.07, 6.45) is 1.73. The van der Waals surface area contributed by atoms with Gasteiger partial charge in [-0.15, -0.1) is 0 Å². The quantitative estimate of drug-likeness (QED) is 0.325. The number of halogens is 1. The van der Waals surface area contributed by atoms with Gasteiger partial charge in [0.1, 0.15) is 24.1 Å². The lowest BCUT2D eigenvalue weighted by Gasteiger charge is -2.08. The summed E-state index contributed by atoms with van der Waals surface area (Å²) in [4.78, 5) is 20.8. The van der Waals surface area contributed by atoms with Crippen molar-refractivity contribution in [1.29, 1.82) is 0 Å². The Morgan fingerprint density at radius 1 is 0.931 bits per heavy atom. The van der Waals surface area contributed by atoms with Crippen LogP contribution in [0.5, 0.6) is 5.75 Å². The summed E-state index contributed by atoms with van der Waals surface area (Å²) in [6.45, 7) is 0.577. The highest BCUT2D eigenvalue weighted by atomic mass is 35.5. The fourth-order valence-electron chi connectivity index (χ4n) is 2.78. The number of pyridine rings is 2. The zero-order valence-corrected chi connectivity index (χ0v) is 16.2. The minimum atomic E-state index is -0.391. The number of carbonyl (C=O) groups is 1. The highest BCUT2D eigenvalue weighted by Gasteiger charge is 2.09. The van der Waals surface area contributed by atoms with Crippen LogP contribution in [0.4, 0.5) is 0 Å². The van der Waals surface area contributed by atoms with Crippen LogP contribution in [0, 0.1) is 0 Å². The van der Waals surface area contributed by atoms with Gasteiger partial charge in [0, 0.05) is 11.6 Å². The molecule has 29 heavy (non-hydrogen) atoms. The molecule has 0 atom stereocenters. The van der Waals surface area contributed by atoms with E-state index in [-0.39, 0.29) is 6.61 Å². The molecule has 0 saturated carbocycles. The van der Waals surface area contributed by atoms with Crippen LogP contribution in [0.1, 0.15) is 21.6 Å². The van der Waals surface area contributed by atoms with Crippen molar-refractivity contribution in [3.8, 4) is 5.75 Å². The summed E-state index contributed by atoms with van der Waals surface area (Å²) in [5.74, 6) is 0.337. The van der Waals surface area contributed by atoms with Gasteiger partial charge < -0.3 is 9.47 Å². The smallest absolute Gasteiger partial charge is 0.338 e. The monoisotopic (exact) mass is 404 g/mol. The number of fused-ring (bicyclic) bond motifs is 1. The third kappa shape index (κ3) is 4.89. The van der Waals surface area contributed by atoms with Gasteiger partial charge in [-0.2, -0.15) is 0 Å². The van der Waals surface area contributed by atoms with Gasteiger partial charge in [-0.25, -0.2) is 9.78 Å². The van der Waals surface area contributed by atoms with Gasteiger partial charge in [0.25, 0.3) is 0 Å². The molecule has 2 heterocycles. The predicted molar refractivity (Wildman–Crippen MR) is 111 cm³/mol. The van der Waals surface area contributed by atoms with Crippen LogP contribution >= 0.6 is 11.6 Å². The summed E-state index contributed by atoms with van der Waals surface area (Å²) in [5.41, 5.74) is 2.93. The Hall–Kier alpha value is -3.44. The summed E-state index contributed by atoms with van der Waals surface area (Å²) >= 11 is 5.89. The molecule has 4 rings (SSSR count). The molecule has 2 aromatic carbocycles. The fraction of sp³-hybridized carbons (Fsp3) is 0.0870. The molecule has 0 saturated heterocycles. The average molecular weight is 405 g/mol. The molecule has 2 aromatic heterocycles. The van der Waals surface area contributed by atoms with Crippen LogP contribution < -0.4 is 4.74 Å². The van der Waals surface area contributed by atoms with Crippen molar-refractivity contribution >= 4 is 28.5 Å². The van der Waals surface area contributed by atoms with E-state index < -0.39 is 5.97 Å². The van der Waals surface area contributed by atoms with Gasteiger partial charge in [-0.05, 0) is 60.2 Å². The third-order valence-electron chi connectivity index (χ3n) is 4.30. The Kier molecular flexibility index (Phi) is 5.68. The van der Waals surface area contributed by atoms with Crippen LogP contribution in [0.2, 0.25) is 5.15 Å². The van der Waals surface area contributed by atoms with Crippen molar-refractivity contribution in [1.82, 2.24) is 9.97 Å². The van der Waals surface area contributed by atoms with E-state index >= 15 is 0 Å². The molecule has 0 unspecified atom stereocenters. The second-order valence-electron chi connectivity index (χ2n) is 6.37. The molecule has 0 aliphatic carbocycles. The number of carbonyl (C=O) groups excluding carboxylic acids is 1. The molecule has 0 spiro atoms. The van der Waals surface area contributed by atoms with Gasteiger partial charge in [0.05, 0.1) is 16.8 Å². The SMILES string of the molecule is O=C(OCc1ccc(OCc2ccccn2)cc1)c1ccc2nc(Cl)ccc2c1. The number of hydrogen-bond donors (Lipinski definition) is 0. The first-order valence-corrected chi connectivity index (χ1v) is 9.40. The Bertz CT molecular complexity index is 1130. The van der Waals surface area contributed by atoms with Crippen LogP contribution in [0.25, 0.3) is 10.9 Å². The van der Waals surface area contributed by atoms with Gasteiger partial charge in [0.2, 0.25) is 0 Å². The van der Waals surface area contributed by atoms with Crippen molar-refractivity contribution in [2.75, 3.05) is 0 Å². The lowest BCUT2D eigenvalue weighted by atomic mass is 10.1. The van der Waals surface area contributed by atoms with Crippen molar-refractivity contribution in [3.63, 3.8) is 0 Å². The zero-order chi connectivity index (χ0) is 20.1. The predicted octanol–water partition coefficient (Wildman–Crippen LogP) is 5.22. The highest BCUT2D eigenvalue weighted by Crippen LogP contribution is 2.19. The minimum Gasteiger partial charge on any atom is -0.487 e. The fourth-order valence-corrected chi connectivity index (χ4v) is 2.94. The highest BCUT2D eigenvalue weighted by molar-refractivity contribution is 6.29. The van der Waals surface area contributed by atoms with Crippen molar-refractivity contribution in [3.05, 3.63) is 101 Å². The van der Waals surface area contributed by atoms with E-state index in [1.54, 1.807) is 30.5 Å². The maximum Gasteiger partial charge on any atom is 0.338 e. The number of esters is 1. The molecular weight excluding hydrogens is 388 g/mol. The third-order valence-corrected chi connectivity index (χ3v) is 4.51. The molecule has 5 nitrogen and oxygen atoms in total. The molecule has 0 aliphatic rings. The van der Waals surface area contributed by atoms with Gasteiger partial charge in [0.15, 0.2) is 0 Å². The molecule has 0 bridgehead atoms. The summed E-state index contributed by atoms with van der Waals surface area (Å²) in [5, 5.41) is 1.25. The Morgan fingerprint density at radius 2 is 1.79 bits per heavy atom. The first kappa shape index (κ1) is 18.9. The topological polar surface area (TPSA) is 61.3 Å². The number of ether oxygens (including phenoxy) is 2. The van der Waals surface area contributed by atoms with E-state index in [0.717, 1.165) is 27.9 Å². The van der Waals surface area contributed by atoms with Crippen LogP contribution in [0.3, 0.4) is 0 Å². The van der Waals surface area contributed by atoms with E-state index in [1.165, 1.54) is 0 Å². The van der Waals surface area contributed by atoms with E-state index in [1.807, 2.05) is 48.5 Å². The van der Waals surface area contributed by atoms with E-state index in [9.17, 15) is 4.79 Å². The van der Waals surface area contributed by atoms with Crippen LogP contribution in [-0.2, 0) is 18.0 Å². The number of nitrogens with zero attached hydrogens (tertiary/aromatic N) is 2. The lowest BCUT2D eigenvalue weighted by Crippen LogP contribution is -2.05. The standard InChI is InChI=1S/C23H17ClN2O3/c24-22-11-7-17-13-18(6-10-21(17)26-22)23(27)29-14-16-4-8-20(9-5-16)28-15-19-3-1-2-12-25-19/h1-13H,14-15H2. The molecule has 6 heteroatoms. The Labute approximate surface area is 172 Å². The normalized spacial score (nSPS) is 10.7. The summed E-state index contributed by atoms with van der Waals surface area (Å²) in [7, 11) is 0. The van der Waals surface area contributed by atoms with Gasteiger partial charge in [-0.3, -0.25) is 4.98 Å². The average Bonchev–Trinajstić information content (AvgIpc) is 2.77. The molecule has 0 fully saturated rings. The number of benzene rings is 2. The molecule has 0 amide bonds. The van der Waals surface area contributed by atoms with Gasteiger partial charge >= 0.3 is 5.97 Å². The minimum absolute atomic E-state index is 0.177. The second kappa shape index (κ2) is 8.71. The molecule has 0 N–H and O–H groups in total. The maximum atomic E-state index is 12.4. The van der Waals surface area contributed by atoms with Crippen molar-refractivity contribution < 1.29 is 14.3 Å².